The van der Waals surface area contributed by atoms with Gasteiger partial charge in [0.25, 0.3) is 0 Å². The summed E-state index contributed by atoms with van der Waals surface area (Å²) in [5.41, 5.74) is 3.34. The van der Waals surface area contributed by atoms with Crippen molar-refractivity contribution in [1.82, 2.24) is 30.5 Å². The Morgan fingerprint density at radius 2 is 1.83 bits per heavy atom. The van der Waals surface area contributed by atoms with Gasteiger partial charge in [0.15, 0.2) is 11.6 Å². The Morgan fingerprint density at radius 3 is 2.53 bits per heavy atom. The first-order valence-electron chi connectivity index (χ1n) is 10.2. The fourth-order valence-corrected chi connectivity index (χ4v) is 4.52. The van der Waals surface area contributed by atoms with E-state index in [2.05, 4.69) is 30.5 Å². The van der Waals surface area contributed by atoms with E-state index in [0.717, 1.165) is 30.7 Å². The van der Waals surface area contributed by atoms with Gasteiger partial charge < -0.3 is 15.3 Å². The molecule has 3 aromatic rings. The van der Waals surface area contributed by atoms with E-state index in [4.69, 9.17) is 0 Å². The predicted molar refractivity (Wildman–Crippen MR) is 111 cm³/mol. The first-order chi connectivity index (χ1) is 14.4. The van der Waals surface area contributed by atoms with Gasteiger partial charge in [0, 0.05) is 25.2 Å². The summed E-state index contributed by atoms with van der Waals surface area (Å²) in [5.74, 6) is 0.815. The number of piperidine rings is 1. The van der Waals surface area contributed by atoms with Gasteiger partial charge in [-0.25, -0.2) is 19.3 Å². The van der Waals surface area contributed by atoms with Crippen molar-refractivity contribution >= 4 is 16.9 Å². The smallest absolute Gasteiger partial charge is 0.185 e. The molecule has 4 heterocycles. The van der Waals surface area contributed by atoms with Crippen molar-refractivity contribution in [3.63, 3.8) is 0 Å². The van der Waals surface area contributed by atoms with Crippen LogP contribution in [0, 0.1) is 13.8 Å². The topological polar surface area (TPSA) is 100.0 Å². The second kappa shape index (κ2) is 7.09. The molecule has 2 aliphatic rings. The number of hydrogen-bond acceptors (Lipinski definition) is 8. The van der Waals surface area contributed by atoms with E-state index in [-0.39, 0.29) is 23.7 Å². The largest absolute Gasteiger partial charge is 0.507 e. The van der Waals surface area contributed by atoms with Gasteiger partial charge in [0.2, 0.25) is 0 Å². The monoisotopic (exact) mass is 409 g/mol. The quantitative estimate of drug-likeness (QED) is 0.681. The average Bonchev–Trinajstić information content (AvgIpc) is 3.15. The molecule has 2 N–H and O–H groups in total. The number of aromatic nitrogens is 5. The van der Waals surface area contributed by atoms with Crippen molar-refractivity contribution in [3.05, 3.63) is 29.7 Å². The lowest BCUT2D eigenvalue weighted by molar-refractivity contribution is 0.176. The molecule has 2 aliphatic heterocycles. The number of hydrogen-bond donors (Lipinski definition) is 2. The number of nitrogens with one attached hydrogen (secondary N) is 1. The molecular formula is C21H24FN7O. The summed E-state index contributed by atoms with van der Waals surface area (Å²) in [4.78, 5) is 15.2. The van der Waals surface area contributed by atoms with Gasteiger partial charge in [0.1, 0.15) is 11.9 Å². The molecule has 0 spiro atoms. The fourth-order valence-electron chi connectivity index (χ4n) is 4.52. The summed E-state index contributed by atoms with van der Waals surface area (Å²) in [5, 5.41) is 22.3. The zero-order chi connectivity index (χ0) is 21.0. The van der Waals surface area contributed by atoms with Crippen LogP contribution < -0.4 is 10.2 Å². The Bertz CT molecular complexity index is 1110. The van der Waals surface area contributed by atoms with E-state index in [1.165, 1.54) is 0 Å². The van der Waals surface area contributed by atoms with Crippen molar-refractivity contribution in [2.45, 2.75) is 57.4 Å². The van der Waals surface area contributed by atoms with Gasteiger partial charge in [0.05, 0.1) is 40.2 Å². The SMILES string of the molecule is Cc1nc2cc(O)c(-c3ncc(N(C)[C@H]4CC5CCC(N5)[C@H]4F)nn3)cc2nc1C. The molecule has 5 rings (SSSR count). The summed E-state index contributed by atoms with van der Waals surface area (Å²) in [6.45, 7) is 3.77. The third kappa shape index (κ3) is 3.13. The number of aromatic hydroxyl groups is 1. The summed E-state index contributed by atoms with van der Waals surface area (Å²) < 4.78 is 14.9. The van der Waals surface area contributed by atoms with E-state index in [1.807, 2.05) is 25.8 Å². The highest BCUT2D eigenvalue weighted by Crippen LogP contribution is 2.34. The highest BCUT2D eigenvalue weighted by atomic mass is 19.1. The first kappa shape index (κ1) is 19.0. The summed E-state index contributed by atoms with van der Waals surface area (Å²) in [6, 6.07) is 3.30. The van der Waals surface area contributed by atoms with Crippen molar-refractivity contribution in [3.8, 4) is 17.1 Å². The minimum atomic E-state index is -0.954. The summed E-state index contributed by atoms with van der Waals surface area (Å²) >= 11 is 0. The van der Waals surface area contributed by atoms with E-state index in [9.17, 15) is 9.50 Å². The molecule has 156 valence electrons. The van der Waals surface area contributed by atoms with Crippen LogP contribution in [-0.4, -0.2) is 61.6 Å². The summed E-state index contributed by atoms with van der Waals surface area (Å²) in [7, 11) is 1.83. The van der Waals surface area contributed by atoms with Gasteiger partial charge in [-0.05, 0) is 39.2 Å². The molecule has 1 aromatic carbocycles. The molecule has 2 bridgehead atoms. The molecule has 0 aliphatic carbocycles. The molecule has 8 nitrogen and oxygen atoms in total. The van der Waals surface area contributed by atoms with Crippen LogP contribution >= 0.6 is 0 Å². The number of rotatable bonds is 3. The van der Waals surface area contributed by atoms with E-state index < -0.39 is 6.17 Å². The number of nitrogens with zero attached hydrogens (tertiary/aromatic N) is 6. The van der Waals surface area contributed by atoms with Crippen LogP contribution in [0.1, 0.15) is 30.7 Å². The number of anilines is 1. The summed E-state index contributed by atoms with van der Waals surface area (Å²) in [6.07, 6.45) is 3.25. The Hall–Kier alpha value is -2.94. The normalized spacial score (nSPS) is 25.6. The van der Waals surface area contributed by atoms with Crippen LogP contribution in [0.5, 0.6) is 5.75 Å². The second-order valence-corrected chi connectivity index (χ2v) is 8.30. The maximum Gasteiger partial charge on any atom is 0.185 e. The zero-order valence-corrected chi connectivity index (χ0v) is 17.2. The number of benzene rings is 1. The molecule has 4 atom stereocenters. The number of fused-ring (bicyclic) bond motifs is 3. The van der Waals surface area contributed by atoms with Crippen LogP contribution in [0.3, 0.4) is 0 Å². The fraction of sp³-hybridized carbons (Fsp3) is 0.476. The maximum absolute atomic E-state index is 14.9. The third-order valence-electron chi connectivity index (χ3n) is 6.40. The number of phenols is 1. The molecule has 2 aromatic heterocycles. The molecule has 30 heavy (non-hydrogen) atoms. The molecule has 2 saturated heterocycles. The molecule has 9 heteroatoms. The van der Waals surface area contributed by atoms with Gasteiger partial charge in [-0.15, -0.1) is 10.2 Å². The number of phenolic OH excluding ortho intramolecular Hbond substituents is 1. The minimum Gasteiger partial charge on any atom is -0.507 e. The maximum atomic E-state index is 14.9. The van der Waals surface area contributed by atoms with Crippen molar-refractivity contribution in [1.29, 1.82) is 0 Å². The van der Waals surface area contributed by atoms with Gasteiger partial charge in [-0.3, -0.25) is 0 Å². The Labute approximate surface area is 173 Å². The Kier molecular flexibility index (Phi) is 4.50. The zero-order valence-electron chi connectivity index (χ0n) is 17.2. The van der Waals surface area contributed by atoms with Crippen molar-refractivity contribution < 1.29 is 9.50 Å². The number of alkyl halides is 1. The first-order valence-corrected chi connectivity index (χ1v) is 10.2. The van der Waals surface area contributed by atoms with E-state index in [1.54, 1.807) is 18.3 Å². The standard InChI is InChI=1S/C21H24FN7O/c1-10-11(2)25-16-8-18(30)13(7-15(16)24-10)21-23-9-19(27-28-21)29(3)17-6-12-4-5-14(26-12)20(17)22/h7-9,12,14,17,20,26,30H,4-6H2,1-3H3/t12?,14?,17-,20+/m0/s1. The number of halogens is 1. The van der Waals surface area contributed by atoms with E-state index in [0.29, 0.717) is 28.5 Å². The van der Waals surface area contributed by atoms with Gasteiger partial charge in [-0.1, -0.05) is 0 Å². The van der Waals surface area contributed by atoms with Crippen LogP contribution in [0.25, 0.3) is 22.4 Å². The Morgan fingerprint density at radius 1 is 1.10 bits per heavy atom. The lowest BCUT2D eigenvalue weighted by Crippen LogP contribution is -2.55. The van der Waals surface area contributed by atoms with Crippen LogP contribution in [0.4, 0.5) is 10.2 Å². The number of aryl methyl sites for hydroxylation is 2. The van der Waals surface area contributed by atoms with Crippen molar-refractivity contribution in [2.24, 2.45) is 0 Å². The molecule has 0 saturated carbocycles. The van der Waals surface area contributed by atoms with Gasteiger partial charge >= 0.3 is 0 Å². The van der Waals surface area contributed by atoms with Gasteiger partial charge in [-0.2, -0.15) is 0 Å². The highest BCUT2D eigenvalue weighted by Gasteiger charge is 2.43. The van der Waals surface area contributed by atoms with E-state index >= 15 is 0 Å². The lowest BCUT2D eigenvalue weighted by Gasteiger charge is -2.38. The van der Waals surface area contributed by atoms with Crippen LogP contribution in [-0.2, 0) is 0 Å². The van der Waals surface area contributed by atoms with Crippen LogP contribution in [0.2, 0.25) is 0 Å². The third-order valence-corrected chi connectivity index (χ3v) is 6.40. The molecule has 2 unspecified atom stereocenters. The molecule has 0 amide bonds. The van der Waals surface area contributed by atoms with Crippen LogP contribution in [0.15, 0.2) is 18.3 Å². The molecule has 2 fully saturated rings. The predicted octanol–water partition coefficient (Wildman–Crippen LogP) is 2.47. The second-order valence-electron chi connectivity index (χ2n) is 8.30. The molecular weight excluding hydrogens is 385 g/mol. The highest BCUT2D eigenvalue weighted by molar-refractivity contribution is 5.84. The molecule has 0 radical (unpaired) electrons. The lowest BCUT2D eigenvalue weighted by atomic mass is 9.96. The average molecular weight is 409 g/mol. The van der Waals surface area contributed by atoms with Crippen molar-refractivity contribution in [2.75, 3.05) is 11.9 Å². The minimum absolute atomic E-state index is 0.0155. The Balaban J connectivity index is 1.43.